The van der Waals surface area contributed by atoms with E-state index < -0.39 is 7.92 Å². The zero-order valence-corrected chi connectivity index (χ0v) is 28.3. The number of hydrogen-bond donors (Lipinski definition) is 0. The molecule has 0 radical (unpaired) electrons. The highest BCUT2D eigenvalue weighted by Gasteiger charge is 2.28. The molecule has 1 aliphatic rings. The van der Waals surface area contributed by atoms with Gasteiger partial charge in [-0.05, 0) is 67.1 Å². The minimum absolute atomic E-state index is 0.0397. The van der Waals surface area contributed by atoms with Crippen LogP contribution >= 0.6 is 7.92 Å². The Morgan fingerprint density at radius 3 is 1.67 bits per heavy atom. The second-order valence-electron chi connectivity index (χ2n) is 14.0. The summed E-state index contributed by atoms with van der Waals surface area (Å²) in [4.78, 5) is 0. The first-order chi connectivity index (χ1) is 20.3. The van der Waals surface area contributed by atoms with Gasteiger partial charge in [0.2, 0.25) is 0 Å². The average Bonchev–Trinajstić information content (AvgIpc) is 2.94. The Balaban J connectivity index is 1.63. The van der Waals surface area contributed by atoms with Crippen LogP contribution < -0.4 is 14.2 Å². The minimum atomic E-state index is -0.687. The zero-order chi connectivity index (χ0) is 30.9. The van der Waals surface area contributed by atoms with Gasteiger partial charge in [-0.25, -0.2) is 0 Å². The van der Waals surface area contributed by atoms with E-state index in [4.69, 9.17) is 14.2 Å². The van der Waals surface area contributed by atoms with Crippen molar-refractivity contribution in [1.29, 1.82) is 0 Å². The fourth-order valence-electron chi connectivity index (χ4n) is 6.09. The van der Waals surface area contributed by atoms with Crippen LogP contribution in [0.3, 0.4) is 0 Å². The van der Waals surface area contributed by atoms with Gasteiger partial charge >= 0.3 is 0 Å². The Bertz CT molecular complexity index is 1530. The summed E-state index contributed by atoms with van der Waals surface area (Å²) in [5.41, 5.74) is 11.1. The minimum Gasteiger partial charge on any atom is -0.496 e. The summed E-state index contributed by atoms with van der Waals surface area (Å²) in [6.45, 7) is 18.1. The van der Waals surface area contributed by atoms with Crippen molar-refractivity contribution in [3.63, 3.8) is 0 Å². The number of benzene rings is 4. The number of para-hydroxylation sites is 1. The van der Waals surface area contributed by atoms with Gasteiger partial charge in [0.25, 0.3) is 0 Å². The molecule has 1 heterocycles. The second-order valence-corrected chi connectivity index (χ2v) is 16.2. The standard InChI is InChI=1S/C39H47O3P/c1-26-18-29-22-30-19-27(2)21-34(39(6,7)8)37(30)42-25-43(24-41-36(29)33(20-26)38(3,4)5)23-28-14-10-11-15-31(28)32-16-12-13-17-35(32)40-9/h10-21H,22-25H2,1-9H3. The SMILES string of the molecule is COc1ccccc1-c1ccccc1CP1COc2c(cc(C)cc2C(C)(C)C)Cc2cc(C)cc(C(C)(C)C)c2OC1. The van der Waals surface area contributed by atoms with Crippen LogP contribution in [-0.4, -0.2) is 19.8 Å². The number of rotatable bonds is 4. The molecule has 4 heteroatoms. The van der Waals surface area contributed by atoms with Crippen molar-refractivity contribution in [2.75, 3.05) is 19.8 Å². The maximum Gasteiger partial charge on any atom is 0.127 e. The van der Waals surface area contributed by atoms with E-state index >= 15 is 0 Å². The lowest BCUT2D eigenvalue weighted by Crippen LogP contribution is -2.19. The molecule has 3 nitrogen and oxygen atoms in total. The van der Waals surface area contributed by atoms with Gasteiger partial charge in [0.15, 0.2) is 0 Å². The van der Waals surface area contributed by atoms with Crippen LogP contribution in [0.2, 0.25) is 0 Å². The molecular weight excluding hydrogens is 547 g/mol. The molecule has 0 saturated heterocycles. The largest absolute Gasteiger partial charge is 0.496 e. The summed E-state index contributed by atoms with van der Waals surface area (Å²) in [6.07, 6.45) is 2.96. The lowest BCUT2D eigenvalue weighted by atomic mass is 9.81. The average molecular weight is 595 g/mol. The van der Waals surface area contributed by atoms with E-state index in [1.807, 2.05) is 12.1 Å². The highest BCUT2D eigenvalue weighted by Crippen LogP contribution is 2.48. The topological polar surface area (TPSA) is 27.7 Å². The van der Waals surface area contributed by atoms with Gasteiger partial charge in [-0.3, -0.25) is 0 Å². The summed E-state index contributed by atoms with van der Waals surface area (Å²) in [6, 6.07) is 26.3. The summed E-state index contributed by atoms with van der Waals surface area (Å²) in [5, 5.41) is 0. The van der Waals surface area contributed by atoms with Crippen molar-refractivity contribution < 1.29 is 14.2 Å². The Kier molecular flexibility index (Phi) is 8.96. The fourth-order valence-corrected chi connectivity index (χ4v) is 7.73. The Morgan fingerprint density at radius 1 is 0.674 bits per heavy atom. The molecule has 5 rings (SSSR count). The van der Waals surface area contributed by atoms with E-state index in [-0.39, 0.29) is 10.8 Å². The summed E-state index contributed by atoms with van der Waals surface area (Å²) in [5.74, 6) is 2.99. The highest BCUT2D eigenvalue weighted by atomic mass is 31.1. The van der Waals surface area contributed by atoms with Crippen molar-refractivity contribution in [1.82, 2.24) is 0 Å². The van der Waals surface area contributed by atoms with Crippen molar-refractivity contribution >= 4 is 7.92 Å². The number of fused-ring (bicyclic) bond motifs is 2. The van der Waals surface area contributed by atoms with Crippen molar-refractivity contribution in [3.05, 3.63) is 112 Å². The number of aryl methyl sites for hydroxylation is 2. The number of methoxy groups -OCH3 is 1. The molecule has 0 aliphatic carbocycles. The van der Waals surface area contributed by atoms with Gasteiger partial charge in [-0.2, -0.15) is 0 Å². The van der Waals surface area contributed by atoms with Crippen LogP contribution in [0.1, 0.15) is 80.5 Å². The lowest BCUT2D eigenvalue weighted by molar-refractivity contribution is 0.343. The molecule has 0 N–H and O–H groups in total. The number of hydrogen-bond acceptors (Lipinski definition) is 3. The normalized spacial score (nSPS) is 14.3. The van der Waals surface area contributed by atoms with Crippen LogP contribution in [0, 0.1) is 13.8 Å². The Hall–Kier alpha value is -3.29. The quantitative estimate of drug-likeness (QED) is 0.220. The smallest absolute Gasteiger partial charge is 0.127 e. The molecule has 226 valence electrons. The summed E-state index contributed by atoms with van der Waals surface area (Å²) >= 11 is 0. The van der Waals surface area contributed by atoms with E-state index in [1.54, 1.807) is 7.11 Å². The molecule has 0 unspecified atom stereocenters. The molecule has 4 aromatic rings. The maximum absolute atomic E-state index is 6.92. The van der Waals surface area contributed by atoms with Crippen LogP contribution in [0.25, 0.3) is 11.1 Å². The zero-order valence-electron chi connectivity index (χ0n) is 27.4. The molecule has 0 spiro atoms. The van der Waals surface area contributed by atoms with E-state index in [9.17, 15) is 0 Å². The van der Waals surface area contributed by atoms with Crippen LogP contribution in [-0.2, 0) is 23.4 Å². The third-order valence-corrected chi connectivity index (χ3v) is 9.99. The first kappa shape index (κ1) is 31.1. The van der Waals surface area contributed by atoms with E-state index in [0.29, 0.717) is 12.7 Å². The molecular formula is C39H47O3P. The van der Waals surface area contributed by atoms with Gasteiger partial charge in [0, 0.05) is 23.1 Å². The predicted molar refractivity (Wildman–Crippen MR) is 183 cm³/mol. The van der Waals surface area contributed by atoms with Gasteiger partial charge in [-0.15, -0.1) is 0 Å². The van der Waals surface area contributed by atoms with E-state index in [0.717, 1.165) is 35.4 Å². The highest BCUT2D eigenvalue weighted by molar-refractivity contribution is 7.56. The monoisotopic (exact) mass is 594 g/mol. The molecule has 1 aliphatic heterocycles. The van der Waals surface area contributed by atoms with Crippen LogP contribution in [0.4, 0.5) is 0 Å². The molecule has 4 aromatic carbocycles. The van der Waals surface area contributed by atoms with Crippen molar-refractivity contribution in [2.24, 2.45) is 0 Å². The van der Waals surface area contributed by atoms with E-state index in [1.165, 1.54) is 44.5 Å². The summed E-state index contributed by atoms with van der Waals surface area (Å²) in [7, 11) is 1.06. The van der Waals surface area contributed by atoms with E-state index in [2.05, 4.69) is 116 Å². The maximum atomic E-state index is 6.92. The third-order valence-electron chi connectivity index (χ3n) is 8.21. The van der Waals surface area contributed by atoms with Gasteiger partial charge in [0.05, 0.1) is 7.11 Å². The second kappa shape index (κ2) is 12.4. The molecule has 0 aromatic heterocycles. The molecule has 43 heavy (non-hydrogen) atoms. The van der Waals surface area contributed by atoms with Gasteiger partial charge in [0.1, 0.15) is 29.9 Å². The fraction of sp³-hybridized carbons (Fsp3) is 0.385. The van der Waals surface area contributed by atoms with Crippen LogP contribution in [0.5, 0.6) is 17.2 Å². The van der Waals surface area contributed by atoms with Crippen molar-refractivity contribution in [2.45, 2.75) is 78.8 Å². The molecule has 0 saturated carbocycles. The van der Waals surface area contributed by atoms with Gasteiger partial charge in [-0.1, -0.05) is 119 Å². The third kappa shape index (κ3) is 6.94. The molecule has 0 fully saturated rings. The predicted octanol–water partition coefficient (Wildman–Crippen LogP) is 10.5. The summed E-state index contributed by atoms with van der Waals surface area (Å²) < 4.78 is 19.6. The first-order valence-electron chi connectivity index (χ1n) is 15.3. The Labute approximate surface area is 260 Å². The van der Waals surface area contributed by atoms with Gasteiger partial charge < -0.3 is 14.2 Å². The Morgan fingerprint density at radius 2 is 1.16 bits per heavy atom. The molecule has 0 amide bonds. The van der Waals surface area contributed by atoms with Crippen molar-refractivity contribution in [3.8, 4) is 28.4 Å². The molecule has 0 bridgehead atoms. The first-order valence-corrected chi connectivity index (χ1v) is 17.2. The van der Waals surface area contributed by atoms with Crippen LogP contribution in [0.15, 0.2) is 72.8 Å². The lowest BCUT2D eigenvalue weighted by Gasteiger charge is -2.31. The number of ether oxygens (including phenoxy) is 3. The molecule has 0 atom stereocenters.